The van der Waals surface area contributed by atoms with Gasteiger partial charge in [-0.05, 0) is 13.1 Å². The van der Waals surface area contributed by atoms with Crippen LogP contribution in [0.15, 0.2) is 25.4 Å². The fraction of sp³-hybridized carbons (Fsp3) is 0.286. The first-order valence-electron chi connectivity index (χ1n) is 2.84. The highest BCUT2D eigenvalue weighted by Crippen LogP contribution is 1.74. The summed E-state index contributed by atoms with van der Waals surface area (Å²) in [4.78, 5) is 10.1. The van der Waals surface area contributed by atoms with Crippen LogP contribution in [-0.4, -0.2) is 12.6 Å². The molecule has 0 aromatic rings. The van der Waals surface area contributed by atoms with Crippen molar-refractivity contribution in [2.24, 2.45) is 5.73 Å². The second-order valence-electron chi connectivity index (χ2n) is 1.19. The van der Waals surface area contributed by atoms with Gasteiger partial charge in [0.1, 0.15) is 0 Å². The van der Waals surface area contributed by atoms with E-state index in [1.54, 1.807) is 6.92 Å². The zero-order valence-electron chi connectivity index (χ0n) is 6.17. The van der Waals surface area contributed by atoms with Gasteiger partial charge >= 0.3 is 5.97 Å². The Bertz CT molecular complexity index is 110. The number of carbonyl (C=O) groups excluding carboxylic acids is 1. The lowest BCUT2D eigenvalue weighted by molar-refractivity contribution is -0.137. The molecule has 0 bridgehead atoms. The molecular formula is C7H13NO2. The van der Waals surface area contributed by atoms with Crippen LogP contribution in [0, 0.1) is 0 Å². The van der Waals surface area contributed by atoms with Gasteiger partial charge in [-0.25, -0.2) is 4.79 Å². The minimum atomic E-state index is -0.359. The summed E-state index contributed by atoms with van der Waals surface area (Å²) in [6.45, 7) is 8.52. The molecule has 0 aromatic carbocycles. The van der Waals surface area contributed by atoms with Gasteiger partial charge in [-0.15, -0.1) is 0 Å². The summed E-state index contributed by atoms with van der Waals surface area (Å²) in [5, 5.41) is 0. The molecule has 0 fully saturated rings. The quantitative estimate of drug-likeness (QED) is 0.460. The molecule has 0 spiro atoms. The minimum Gasteiger partial charge on any atom is -0.463 e. The molecule has 0 atom stereocenters. The summed E-state index contributed by atoms with van der Waals surface area (Å²) >= 11 is 0. The van der Waals surface area contributed by atoms with Gasteiger partial charge in [0.15, 0.2) is 0 Å². The van der Waals surface area contributed by atoms with Gasteiger partial charge in [-0.1, -0.05) is 13.2 Å². The van der Waals surface area contributed by atoms with Crippen molar-refractivity contribution in [1.82, 2.24) is 0 Å². The van der Waals surface area contributed by atoms with Crippen LogP contribution in [0.25, 0.3) is 0 Å². The molecule has 0 saturated carbocycles. The number of hydrogen-bond donors (Lipinski definition) is 1. The molecule has 10 heavy (non-hydrogen) atoms. The third kappa shape index (κ3) is 15.9. The molecule has 0 aliphatic carbocycles. The smallest absolute Gasteiger partial charge is 0.330 e. The topological polar surface area (TPSA) is 52.3 Å². The van der Waals surface area contributed by atoms with Crippen molar-refractivity contribution in [2.75, 3.05) is 6.61 Å². The summed E-state index contributed by atoms with van der Waals surface area (Å²) in [5.74, 6) is -0.359. The standard InChI is InChI=1S/C5H8O2.C2H5N/c1-3-5(6)7-4-2;1-2-3/h3H,1,4H2,2H3;2H,1,3H2. The Morgan fingerprint density at radius 1 is 1.70 bits per heavy atom. The predicted octanol–water partition coefficient (Wildman–Crippen LogP) is 0.824. The van der Waals surface area contributed by atoms with Crippen molar-refractivity contribution in [3.8, 4) is 0 Å². The highest BCUT2D eigenvalue weighted by molar-refractivity contribution is 5.81. The molecule has 3 nitrogen and oxygen atoms in total. The molecule has 0 saturated heterocycles. The Labute approximate surface area is 61.2 Å². The van der Waals surface area contributed by atoms with E-state index < -0.39 is 0 Å². The van der Waals surface area contributed by atoms with Crippen molar-refractivity contribution in [1.29, 1.82) is 0 Å². The maximum absolute atomic E-state index is 10.1. The molecule has 0 heterocycles. The number of rotatable bonds is 2. The maximum Gasteiger partial charge on any atom is 0.330 e. The predicted molar refractivity (Wildman–Crippen MR) is 41.2 cm³/mol. The minimum absolute atomic E-state index is 0.359. The summed E-state index contributed by atoms with van der Waals surface area (Å²) < 4.78 is 4.43. The van der Waals surface area contributed by atoms with E-state index in [4.69, 9.17) is 0 Å². The van der Waals surface area contributed by atoms with Crippen LogP contribution in [0.4, 0.5) is 0 Å². The average molecular weight is 143 g/mol. The molecule has 0 amide bonds. The van der Waals surface area contributed by atoms with Crippen molar-refractivity contribution < 1.29 is 9.53 Å². The number of carbonyl (C=O) groups is 1. The second-order valence-corrected chi connectivity index (χ2v) is 1.19. The van der Waals surface area contributed by atoms with E-state index in [1.165, 1.54) is 6.20 Å². The first-order chi connectivity index (χ1) is 4.72. The second kappa shape index (κ2) is 10.7. The van der Waals surface area contributed by atoms with E-state index in [1.807, 2.05) is 0 Å². The van der Waals surface area contributed by atoms with E-state index >= 15 is 0 Å². The van der Waals surface area contributed by atoms with Gasteiger partial charge in [0.25, 0.3) is 0 Å². The van der Waals surface area contributed by atoms with Crippen LogP contribution in [-0.2, 0) is 9.53 Å². The van der Waals surface area contributed by atoms with Gasteiger partial charge < -0.3 is 10.5 Å². The lowest BCUT2D eigenvalue weighted by atomic mass is 10.6. The van der Waals surface area contributed by atoms with E-state index in [9.17, 15) is 4.79 Å². The average Bonchev–Trinajstić information content (AvgIpc) is 1.90. The van der Waals surface area contributed by atoms with Crippen LogP contribution < -0.4 is 5.73 Å². The maximum atomic E-state index is 10.1. The third-order valence-electron chi connectivity index (χ3n) is 0.453. The Morgan fingerprint density at radius 3 is 2.20 bits per heavy atom. The number of nitrogens with two attached hydrogens (primary N) is 1. The summed E-state index contributed by atoms with van der Waals surface area (Å²) in [6.07, 6.45) is 2.39. The zero-order chi connectivity index (χ0) is 8.41. The molecule has 2 N–H and O–H groups in total. The van der Waals surface area contributed by atoms with Crippen molar-refractivity contribution >= 4 is 5.97 Å². The van der Waals surface area contributed by atoms with E-state index in [0.29, 0.717) is 6.61 Å². The normalized spacial score (nSPS) is 6.50. The van der Waals surface area contributed by atoms with Crippen molar-refractivity contribution in [3.63, 3.8) is 0 Å². The number of esters is 1. The molecule has 0 aliphatic heterocycles. The van der Waals surface area contributed by atoms with E-state index in [0.717, 1.165) is 6.08 Å². The molecule has 0 radical (unpaired) electrons. The fourth-order valence-corrected chi connectivity index (χ4v) is 0.201. The Balaban J connectivity index is 0. The van der Waals surface area contributed by atoms with Gasteiger partial charge in [0, 0.05) is 6.08 Å². The molecular weight excluding hydrogens is 130 g/mol. The lowest BCUT2D eigenvalue weighted by Gasteiger charge is -1.90. The van der Waals surface area contributed by atoms with Crippen LogP contribution in [0.1, 0.15) is 6.92 Å². The van der Waals surface area contributed by atoms with Gasteiger partial charge in [0.05, 0.1) is 6.61 Å². The Hall–Kier alpha value is -1.25. The first-order valence-corrected chi connectivity index (χ1v) is 2.84. The fourth-order valence-electron chi connectivity index (χ4n) is 0.201. The third-order valence-corrected chi connectivity index (χ3v) is 0.453. The molecule has 0 aromatic heterocycles. The Morgan fingerprint density at radius 2 is 2.10 bits per heavy atom. The van der Waals surface area contributed by atoms with E-state index in [2.05, 4.69) is 23.6 Å². The summed E-state index contributed by atoms with van der Waals surface area (Å²) in [7, 11) is 0. The zero-order valence-corrected chi connectivity index (χ0v) is 6.17. The van der Waals surface area contributed by atoms with Crippen LogP contribution >= 0.6 is 0 Å². The number of hydrogen-bond acceptors (Lipinski definition) is 3. The molecule has 3 heteroatoms. The van der Waals surface area contributed by atoms with Crippen molar-refractivity contribution in [2.45, 2.75) is 6.92 Å². The van der Waals surface area contributed by atoms with Crippen LogP contribution in [0.5, 0.6) is 0 Å². The highest BCUT2D eigenvalue weighted by Gasteiger charge is 1.86. The van der Waals surface area contributed by atoms with E-state index in [-0.39, 0.29) is 5.97 Å². The van der Waals surface area contributed by atoms with Gasteiger partial charge in [0.2, 0.25) is 0 Å². The number of ether oxygens (including phenoxy) is 1. The lowest BCUT2D eigenvalue weighted by Crippen LogP contribution is -1.97. The monoisotopic (exact) mass is 143 g/mol. The molecule has 0 rings (SSSR count). The molecule has 0 aliphatic rings. The van der Waals surface area contributed by atoms with Crippen LogP contribution in [0.2, 0.25) is 0 Å². The summed E-state index contributed by atoms with van der Waals surface area (Å²) in [5.41, 5.74) is 4.61. The molecule has 0 unspecified atom stereocenters. The highest BCUT2D eigenvalue weighted by atomic mass is 16.5. The van der Waals surface area contributed by atoms with Crippen molar-refractivity contribution in [3.05, 3.63) is 25.4 Å². The summed E-state index contributed by atoms with van der Waals surface area (Å²) in [6, 6.07) is 0. The first kappa shape index (κ1) is 11.5. The Kier molecular flexibility index (Phi) is 12.3. The van der Waals surface area contributed by atoms with Gasteiger partial charge in [-0.2, -0.15) is 0 Å². The molecule has 58 valence electrons. The van der Waals surface area contributed by atoms with Gasteiger partial charge in [-0.3, -0.25) is 0 Å². The largest absolute Gasteiger partial charge is 0.463 e. The SMILES string of the molecule is C=CC(=O)OCC.C=CN. The van der Waals surface area contributed by atoms with Crippen LogP contribution in [0.3, 0.4) is 0 Å².